The summed E-state index contributed by atoms with van der Waals surface area (Å²) >= 11 is 1.60. The van der Waals surface area contributed by atoms with Gasteiger partial charge in [-0.15, -0.1) is 11.3 Å². The monoisotopic (exact) mass is 463 g/mol. The topological polar surface area (TPSA) is 79.4 Å². The molecule has 4 rings (SSSR count). The van der Waals surface area contributed by atoms with E-state index in [1.807, 2.05) is 29.3 Å². The highest BCUT2D eigenvalue weighted by molar-refractivity contribution is 7.91. The molecule has 31 heavy (non-hydrogen) atoms. The summed E-state index contributed by atoms with van der Waals surface area (Å²) < 4.78 is 48.2. The van der Waals surface area contributed by atoms with Crippen LogP contribution in [0.3, 0.4) is 0 Å². The molecule has 2 heterocycles. The molecular weight excluding hydrogens is 444 g/mol. The summed E-state index contributed by atoms with van der Waals surface area (Å²) in [5.74, 6) is -3.76. The highest BCUT2D eigenvalue weighted by Crippen LogP contribution is 2.32. The van der Waals surface area contributed by atoms with Gasteiger partial charge in [0, 0.05) is 28.9 Å². The SMILES string of the molecule is Cc1nc(-c2ccc3c(c2)CCN3CC(=O)Nc2ccc(S(=O)(=O)C(F)F)cc2)cs1. The van der Waals surface area contributed by atoms with E-state index in [0.29, 0.717) is 12.2 Å². The lowest BCUT2D eigenvalue weighted by Gasteiger charge is -2.19. The van der Waals surface area contributed by atoms with Gasteiger partial charge in [-0.1, -0.05) is 6.07 Å². The second-order valence-electron chi connectivity index (χ2n) is 7.15. The highest BCUT2D eigenvalue weighted by Gasteiger charge is 2.26. The van der Waals surface area contributed by atoms with Gasteiger partial charge < -0.3 is 10.2 Å². The van der Waals surface area contributed by atoms with Crippen LogP contribution in [0.5, 0.6) is 0 Å². The van der Waals surface area contributed by atoms with Crippen LogP contribution in [0.15, 0.2) is 52.7 Å². The second-order valence-corrected chi connectivity index (χ2v) is 10.1. The zero-order valence-electron chi connectivity index (χ0n) is 16.5. The van der Waals surface area contributed by atoms with Crippen molar-refractivity contribution in [2.45, 2.75) is 24.0 Å². The van der Waals surface area contributed by atoms with E-state index in [2.05, 4.69) is 16.4 Å². The predicted molar refractivity (Wildman–Crippen MR) is 116 cm³/mol. The average Bonchev–Trinajstić information content (AvgIpc) is 3.34. The first-order valence-electron chi connectivity index (χ1n) is 9.46. The zero-order valence-corrected chi connectivity index (χ0v) is 18.1. The van der Waals surface area contributed by atoms with Crippen LogP contribution in [0, 0.1) is 6.92 Å². The average molecular weight is 464 g/mol. The minimum atomic E-state index is -4.65. The number of halogens is 2. The molecule has 162 valence electrons. The highest BCUT2D eigenvalue weighted by atomic mass is 32.2. The maximum absolute atomic E-state index is 12.6. The minimum absolute atomic E-state index is 0.124. The number of amides is 1. The Labute approximate surface area is 182 Å². The van der Waals surface area contributed by atoms with Crippen LogP contribution < -0.4 is 10.2 Å². The van der Waals surface area contributed by atoms with Gasteiger partial charge in [0.05, 0.1) is 22.1 Å². The Morgan fingerprint density at radius 1 is 1.23 bits per heavy atom. The molecule has 10 heteroatoms. The molecule has 1 amide bonds. The largest absolute Gasteiger partial charge is 0.362 e. The summed E-state index contributed by atoms with van der Waals surface area (Å²) in [6.45, 7) is 2.79. The van der Waals surface area contributed by atoms with Crippen LogP contribution in [-0.2, 0) is 21.1 Å². The molecule has 1 N–H and O–H groups in total. The van der Waals surface area contributed by atoms with Crippen LogP contribution in [-0.4, -0.2) is 38.2 Å². The molecule has 0 unspecified atom stereocenters. The van der Waals surface area contributed by atoms with Crippen molar-refractivity contribution in [1.29, 1.82) is 0 Å². The number of benzene rings is 2. The predicted octanol–water partition coefficient (Wildman–Crippen LogP) is 4.12. The number of thiazole rings is 1. The number of carbonyl (C=O) groups is 1. The first kappa shape index (κ1) is 21.4. The van der Waals surface area contributed by atoms with E-state index in [4.69, 9.17) is 0 Å². The number of aromatic nitrogens is 1. The third-order valence-corrected chi connectivity index (χ3v) is 7.19. The van der Waals surface area contributed by atoms with E-state index in [1.54, 1.807) is 11.3 Å². The zero-order chi connectivity index (χ0) is 22.2. The van der Waals surface area contributed by atoms with Gasteiger partial charge in [0.1, 0.15) is 0 Å². The third kappa shape index (κ3) is 4.45. The lowest BCUT2D eigenvalue weighted by molar-refractivity contribution is -0.115. The Morgan fingerprint density at radius 2 is 1.97 bits per heavy atom. The van der Waals surface area contributed by atoms with E-state index >= 15 is 0 Å². The number of fused-ring (bicyclic) bond motifs is 1. The summed E-state index contributed by atoms with van der Waals surface area (Å²) in [6, 6.07) is 10.8. The first-order chi connectivity index (χ1) is 14.7. The molecule has 2 aromatic carbocycles. The Morgan fingerprint density at radius 3 is 2.61 bits per heavy atom. The molecule has 0 aliphatic carbocycles. The fraction of sp³-hybridized carbons (Fsp3) is 0.238. The van der Waals surface area contributed by atoms with Crippen molar-refractivity contribution < 1.29 is 22.0 Å². The lowest BCUT2D eigenvalue weighted by atomic mass is 10.1. The molecule has 0 saturated heterocycles. The summed E-state index contributed by atoms with van der Waals surface area (Å²) in [6.07, 6.45) is 0.819. The van der Waals surface area contributed by atoms with Crippen molar-refractivity contribution in [3.63, 3.8) is 0 Å². The van der Waals surface area contributed by atoms with Crippen molar-refractivity contribution >= 4 is 38.5 Å². The third-order valence-electron chi connectivity index (χ3n) is 5.02. The molecule has 0 bridgehead atoms. The molecule has 0 saturated carbocycles. The fourth-order valence-corrected chi connectivity index (χ4v) is 4.84. The van der Waals surface area contributed by atoms with Crippen LogP contribution >= 0.6 is 11.3 Å². The van der Waals surface area contributed by atoms with Gasteiger partial charge in [-0.05, 0) is 55.3 Å². The van der Waals surface area contributed by atoms with Gasteiger partial charge in [0.15, 0.2) is 0 Å². The molecule has 0 atom stereocenters. The number of sulfone groups is 1. The number of carbonyl (C=O) groups excluding carboxylic acids is 1. The van der Waals surface area contributed by atoms with Crippen LogP contribution in [0.4, 0.5) is 20.2 Å². The Balaban J connectivity index is 1.41. The van der Waals surface area contributed by atoms with Crippen molar-refractivity contribution in [2.75, 3.05) is 23.3 Å². The number of alkyl halides is 2. The summed E-state index contributed by atoms with van der Waals surface area (Å²) in [5.41, 5.74) is 4.47. The molecule has 3 aromatic rings. The normalized spacial score (nSPS) is 13.5. The van der Waals surface area contributed by atoms with Gasteiger partial charge in [-0.25, -0.2) is 13.4 Å². The maximum atomic E-state index is 12.6. The van der Waals surface area contributed by atoms with Gasteiger partial charge in [-0.3, -0.25) is 4.79 Å². The van der Waals surface area contributed by atoms with E-state index < -0.39 is 20.5 Å². The molecule has 1 aliphatic heterocycles. The Hall–Kier alpha value is -2.85. The van der Waals surface area contributed by atoms with Crippen molar-refractivity contribution in [1.82, 2.24) is 4.98 Å². The Bertz CT molecular complexity index is 1220. The second kappa shape index (κ2) is 8.35. The number of hydrogen-bond acceptors (Lipinski definition) is 6. The molecule has 6 nitrogen and oxygen atoms in total. The van der Waals surface area contributed by atoms with Crippen LogP contribution in [0.25, 0.3) is 11.3 Å². The maximum Gasteiger partial charge on any atom is 0.341 e. The number of anilines is 2. The summed E-state index contributed by atoms with van der Waals surface area (Å²) in [7, 11) is -4.65. The summed E-state index contributed by atoms with van der Waals surface area (Å²) in [4.78, 5) is 18.5. The molecule has 0 radical (unpaired) electrons. The molecular formula is C21H19F2N3O3S2. The van der Waals surface area contributed by atoms with Crippen LogP contribution in [0.1, 0.15) is 10.6 Å². The van der Waals surface area contributed by atoms with Crippen molar-refractivity contribution in [3.8, 4) is 11.3 Å². The number of nitrogens with one attached hydrogen (secondary N) is 1. The molecule has 1 aliphatic rings. The standard InChI is InChI=1S/C21H19F2N3O3S2/c1-13-24-18(12-30-13)14-2-7-19-15(10-14)8-9-26(19)11-20(27)25-16-3-5-17(6-4-16)31(28,29)21(22)23/h2-7,10,12,21H,8-9,11H2,1H3,(H,25,27). The fourth-order valence-electron chi connectivity index (χ4n) is 3.49. The lowest BCUT2D eigenvalue weighted by Crippen LogP contribution is -2.31. The van der Waals surface area contributed by atoms with Gasteiger partial charge in [0.25, 0.3) is 0 Å². The van der Waals surface area contributed by atoms with Crippen molar-refractivity contribution in [2.24, 2.45) is 0 Å². The van der Waals surface area contributed by atoms with Gasteiger partial charge in [0.2, 0.25) is 15.7 Å². The van der Waals surface area contributed by atoms with E-state index in [9.17, 15) is 22.0 Å². The molecule has 1 aromatic heterocycles. The summed E-state index contributed by atoms with van der Waals surface area (Å²) in [5, 5.41) is 5.71. The van der Waals surface area contributed by atoms with Gasteiger partial charge in [-0.2, -0.15) is 8.78 Å². The number of aryl methyl sites for hydroxylation is 1. The smallest absolute Gasteiger partial charge is 0.341 e. The molecule has 0 fully saturated rings. The van der Waals surface area contributed by atoms with Crippen LogP contribution in [0.2, 0.25) is 0 Å². The number of hydrogen-bond donors (Lipinski definition) is 1. The quantitative estimate of drug-likeness (QED) is 0.595. The number of rotatable bonds is 6. The minimum Gasteiger partial charge on any atom is -0.362 e. The van der Waals surface area contributed by atoms with Crippen molar-refractivity contribution in [3.05, 3.63) is 58.4 Å². The van der Waals surface area contributed by atoms with E-state index in [0.717, 1.165) is 46.1 Å². The van der Waals surface area contributed by atoms with Gasteiger partial charge >= 0.3 is 5.76 Å². The Kier molecular flexibility index (Phi) is 5.76. The molecule has 0 spiro atoms. The van der Waals surface area contributed by atoms with E-state index in [-0.39, 0.29) is 12.5 Å². The first-order valence-corrected chi connectivity index (χ1v) is 11.9. The van der Waals surface area contributed by atoms with E-state index in [1.165, 1.54) is 12.1 Å². The number of nitrogens with zero attached hydrogens (tertiary/aromatic N) is 2.